The highest BCUT2D eigenvalue weighted by Gasteiger charge is 2.33. The van der Waals surface area contributed by atoms with Gasteiger partial charge in [0.25, 0.3) is 0 Å². The van der Waals surface area contributed by atoms with Gasteiger partial charge < -0.3 is 15.5 Å². The van der Waals surface area contributed by atoms with Gasteiger partial charge in [-0.3, -0.25) is 14.5 Å². The van der Waals surface area contributed by atoms with Crippen molar-refractivity contribution < 1.29 is 9.59 Å². The monoisotopic (exact) mass is 476 g/mol. The number of piperazine rings is 1. The SMILES string of the molecule is CCC1CCNC1.Cc1c(CN2CCN(C(=O)C3CCCC3)[C@@H](C)C2)cc(Cl)cc1NC=O. The molecule has 1 aromatic carbocycles. The molecule has 0 radical (unpaired) electrons. The standard InChI is InChI=1S/C20H28ClN3O2.C6H13N/c1-14-11-23(7-8-24(14)20(26)16-5-3-4-6-16)12-17-9-18(21)10-19(15(17)2)22-13-25;1-2-6-3-4-7-5-6/h9-10,13-14,16H,3-8,11-12H2,1-2H3,(H,22,25);6-7H,2-5H2,1H3/t14-;/m0./s1. The maximum atomic E-state index is 12.7. The molecule has 2 aliphatic heterocycles. The lowest BCUT2D eigenvalue weighted by atomic mass is 10.0. The third kappa shape index (κ3) is 7.17. The van der Waals surface area contributed by atoms with Crippen molar-refractivity contribution >= 4 is 29.6 Å². The van der Waals surface area contributed by atoms with E-state index in [0.29, 0.717) is 17.3 Å². The summed E-state index contributed by atoms with van der Waals surface area (Å²) in [5, 5.41) is 6.67. The minimum absolute atomic E-state index is 0.226. The fraction of sp³-hybridized carbons (Fsp3) is 0.692. The lowest BCUT2D eigenvalue weighted by molar-refractivity contribution is -0.140. The number of carbonyl (C=O) groups is 2. The Morgan fingerprint density at radius 1 is 1.24 bits per heavy atom. The van der Waals surface area contributed by atoms with Crippen molar-refractivity contribution in [1.29, 1.82) is 0 Å². The highest BCUT2D eigenvalue weighted by molar-refractivity contribution is 6.31. The van der Waals surface area contributed by atoms with Crippen LogP contribution in [0, 0.1) is 18.8 Å². The second-order valence-corrected chi connectivity index (χ2v) is 10.3. The van der Waals surface area contributed by atoms with E-state index in [2.05, 4.69) is 34.3 Å². The lowest BCUT2D eigenvalue weighted by Crippen LogP contribution is -2.54. The smallest absolute Gasteiger partial charge is 0.226 e. The molecule has 6 nitrogen and oxygen atoms in total. The zero-order chi connectivity index (χ0) is 23.8. The number of carbonyl (C=O) groups excluding carboxylic acids is 2. The minimum Gasteiger partial charge on any atom is -0.337 e. The third-order valence-electron chi connectivity index (χ3n) is 7.53. The summed E-state index contributed by atoms with van der Waals surface area (Å²) in [6.07, 6.45) is 7.92. The molecule has 7 heteroatoms. The van der Waals surface area contributed by atoms with Crippen LogP contribution >= 0.6 is 11.6 Å². The predicted octanol–water partition coefficient (Wildman–Crippen LogP) is 4.45. The second kappa shape index (κ2) is 12.7. The van der Waals surface area contributed by atoms with Gasteiger partial charge in [0.15, 0.2) is 0 Å². The van der Waals surface area contributed by atoms with E-state index >= 15 is 0 Å². The molecule has 2 saturated heterocycles. The molecular formula is C26H41ClN4O2. The Labute approximate surface area is 204 Å². The van der Waals surface area contributed by atoms with Crippen molar-refractivity contribution in [2.24, 2.45) is 11.8 Å². The van der Waals surface area contributed by atoms with Gasteiger partial charge in [-0.1, -0.05) is 37.8 Å². The van der Waals surface area contributed by atoms with Crippen LogP contribution in [0.5, 0.6) is 0 Å². The van der Waals surface area contributed by atoms with Crippen molar-refractivity contribution in [3.05, 3.63) is 28.3 Å². The van der Waals surface area contributed by atoms with Crippen LogP contribution in [-0.4, -0.2) is 60.9 Å². The largest absolute Gasteiger partial charge is 0.337 e. The molecule has 4 rings (SSSR count). The Morgan fingerprint density at radius 2 is 2.00 bits per heavy atom. The number of amides is 2. The van der Waals surface area contributed by atoms with Crippen LogP contribution in [-0.2, 0) is 16.1 Å². The normalized spacial score (nSPS) is 23.8. The summed E-state index contributed by atoms with van der Waals surface area (Å²) in [6, 6.07) is 3.97. The summed E-state index contributed by atoms with van der Waals surface area (Å²) in [4.78, 5) is 28.0. The molecule has 0 aromatic heterocycles. The molecule has 33 heavy (non-hydrogen) atoms. The first kappa shape index (κ1) is 26.0. The molecular weight excluding hydrogens is 436 g/mol. The Bertz CT molecular complexity index is 791. The number of hydrogen-bond acceptors (Lipinski definition) is 4. The summed E-state index contributed by atoms with van der Waals surface area (Å²) in [5.74, 6) is 1.59. The molecule has 2 N–H and O–H groups in total. The van der Waals surface area contributed by atoms with Crippen LogP contribution in [0.2, 0.25) is 5.02 Å². The van der Waals surface area contributed by atoms with E-state index < -0.39 is 0 Å². The molecule has 1 saturated carbocycles. The molecule has 0 bridgehead atoms. The van der Waals surface area contributed by atoms with Gasteiger partial charge in [-0.25, -0.2) is 0 Å². The first-order chi connectivity index (χ1) is 15.9. The van der Waals surface area contributed by atoms with Crippen LogP contribution in [0.1, 0.15) is 63.5 Å². The Hall–Kier alpha value is -1.63. The highest BCUT2D eigenvalue weighted by Crippen LogP contribution is 2.29. The van der Waals surface area contributed by atoms with Crippen molar-refractivity contribution in [1.82, 2.24) is 15.1 Å². The molecule has 2 atom stereocenters. The van der Waals surface area contributed by atoms with Gasteiger partial charge in [0.05, 0.1) is 0 Å². The summed E-state index contributed by atoms with van der Waals surface area (Å²) >= 11 is 6.21. The van der Waals surface area contributed by atoms with Gasteiger partial charge in [-0.2, -0.15) is 0 Å². The Morgan fingerprint density at radius 3 is 2.58 bits per heavy atom. The van der Waals surface area contributed by atoms with Crippen LogP contribution in [0.4, 0.5) is 5.69 Å². The van der Waals surface area contributed by atoms with E-state index in [1.54, 1.807) is 6.07 Å². The van der Waals surface area contributed by atoms with Gasteiger partial charge in [-0.05, 0) is 75.4 Å². The van der Waals surface area contributed by atoms with E-state index in [4.69, 9.17) is 11.6 Å². The second-order valence-electron chi connectivity index (χ2n) is 9.86. The molecule has 2 heterocycles. The topological polar surface area (TPSA) is 64.7 Å². The Balaban J connectivity index is 0.000000374. The average molecular weight is 477 g/mol. The van der Waals surface area contributed by atoms with Gasteiger partial charge in [0.2, 0.25) is 12.3 Å². The van der Waals surface area contributed by atoms with Crippen LogP contribution < -0.4 is 10.6 Å². The molecule has 2 amide bonds. The van der Waals surface area contributed by atoms with Crippen molar-refractivity contribution in [2.75, 3.05) is 38.0 Å². The van der Waals surface area contributed by atoms with Gasteiger partial charge in [0, 0.05) is 48.8 Å². The van der Waals surface area contributed by atoms with Crippen molar-refractivity contribution in [2.45, 2.75) is 71.9 Å². The van der Waals surface area contributed by atoms with Gasteiger partial charge >= 0.3 is 0 Å². The fourth-order valence-corrected chi connectivity index (χ4v) is 5.57. The third-order valence-corrected chi connectivity index (χ3v) is 7.75. The first-order valence-electron chi connectivity index (χ1n) is 12.7. The molecule has 1 aromatic rings. The summed E-state index contributed by atoms with van der Waals surface area (Å²) in [7, 11) is 0. The number of halogens is 1. The number of anilines is 1. The number of benzene rings is 1. The zero-order valence-corrected chi connectivity index (χ0v) is 21.3. The quantitative estimate of drug-likeness (QED) is 0.595. The lowest BCUT2D eigenvalue weighted by Gasteiger charge is -2.41. The maximum Gasteiger partial charge on any atom is 0.226 e. The molecule has 3 aliphatic rings. The van der Waals surface area contributed by atoms with Gasteiger partial charge in [0.1, 0.15) is 0 Å². The molecule has 0 spiro atoms. The first-order valence-corrected chi connectivity index (χ1v) is 13.0. The van der Waals surface area contributed by atoms with Crippen molar-refractivity contribution in [3.8, 4) is 0 Å². The summed E-state index contributed by atoms with van der Waals surface area (Å²) < 4.78 is 0. The van der Waals surface area contributed by atoms with E-state index in [1.165, 1.54) is 38.8 Å². The van der Waals surface area contributed by atoms with E-state index in [1.807, 2.05) is 13.0 Å². The molecule has 184 valence electrons. The number of nitrogens with one attached hydrogen (secondary N) is 2. The van der Waals surface area contributed by atoms with E-state index in [0.717, 1.165) is 61.8 Å². The van der Waals surface area contributed by atoms with E-state index in [9.17, 15) is 9.59 Å². The van der Waals surface area contributed by atoms with Crippen LogP contribution in [0.25, 0.3) is 0 Å². The average Bonchev–Trinajstić information content (AvgIpc) is 3.51. The van der Waals surface area contributed by atoms with Crippen LogP contribution in [0.15, 0.2) is 12.1 Å². The maximum absolute atomic E-state index is 12.7. The zero-order valence-electron chi connectivity index (χ0n) is 20.5. The number of rotatable bonds is 6. The highest BCUT2D eigenvalue weighted by atomic mass is 35.5. The van der Waals surface area contributed by atoms with Gasteiger partial charge in [-0.15, -0.1) is 0 Å². The minimum atomic E-state index is 0.226. The van der Waals surface area contributed by atoms with Crippen LogP contribution in [0.3, 0.4) is 0 Å². The molecule has 1 aliphatic carbocycles. The number of hydrogen-bond donors (Lipinski definition) is 2. The van der Waals surface area contributed by atoms with E-state index in [-0.39, 0.29) is 12.0 Å². The Kier molecular flexibility index (Phi) is 10.0. The molecule has 3 fully saturated rings. The summed E-state index contributed by atoms with van der Waals surface area (Å²) in [6.45, 7) is 12.2. The molecule has 1 unspecified atom stereocenters. The predicted molar refractivity (Wildman–Crippen MR) is 136 cm³/mol. The summed E-state index contributed by atoms with van der Waals surface area (Å²) in [5.41, 5.74) is 2.91. The van der Waals surface area contributed by atoms with Crippen molar-refractivity contribution in [3.63, 3.8) is 0 Å². The fourth-order valence-electron chi connectivity index (χ4n) is 5.33. The number of nitrogens with zero attached hydrogens (tertiary/aromatic N) is 2.